The molecule has 0 amide bonds. The second kappa shape index (κ2) is 4.18. The smallest absolute Gasteiger partial charge is 0.269 e. The molecule has 0 aliphatic rings. The quantitative estimate of drug-likeness (QED) is 0.670. The number of alkyl halides is 2. The number of nitrogens with one attached hydrogen (secondary N) is 1. The zero-order valence-corrected chi connectivity index (χ0v) is 8.82. The van der Waals surface area contributed by atoms with E-state index in [-0.39, 0.29) is 4.60 Å². The van der Waals surface area contributed by atoms with E-state index in [4.69, 9.17) is 11.6 Å². The molecule has 1 aromatic heterocycles. The Labute approximate surface area is 90.2 Å². The second-order valence-electron chi connectivity index (χ2n) is 2.34. The van der Waals surface area contributed by atoms with Crippen molar-refractivity contribution < 1.29 is 13.6 Å². The molecule has 7 heteroatoms. The maximum absolute atomic E-state index is 12.2. The van der Waals surface area contributed by atoms with Gasteiger partial charge in [0, 0.05) is 6.20 Å². The number of H-pyrrole nitrogens is 1. The van der Waals surface area contributed by atoms with Gasteiger partial charge in [-0.2, -0.15) is 0 Å². The summed E-state index contributed by atoms with van der Waals surface area (Å²) in [6.45, 7) is 0. The molecule has 14 heavy (non-hydrogen) atoms. The van der Waals surface area contributed by atoms with E-state index < -0.39 is 28.2 Å². The van der Waals surface area contributed by atoms with Crippen LogP contribution in [0.2, 0.25) is 0 Å². The number of rotatable bonds is 2. The van der Waals surface area contributed by atoms with Crippen LogP contribution in [0.3, 0.4) is 0 Å². The van der Waals surface area contributed by atoms with Gasteiger partial charge in [-0.3, -0.25) is 9.59 Å². The number of hydrogen-bond acceptors (Lipinski definition) is 2. The van der Waals surface area contributed by atoms with E-state index >= 15 is 0 Å². The Morgan fingerprint density at radius 2 is 2.14 bits per heavy atom. The molecule has 1 N–H and O–H groups in total. The van der Waals surface area contributed by atoms with Gasteiger partial charge < -0.3 is 4.98 Å². The van der Waals surface area contributed by atoms with E-state index in [9.17, 15) is 18.4 Å². The molecule has 0 aromatic carbocycles. The van der Waals surface area contributed by atoms with Crippen molar-refractivity contribution in [3.05, 3.63) is 32.2 Å². The molecule has 0 saturated carbocycles. The van der Waals surface area contributed by atoms with Gasteiger partial charge in [-0.1, -0.05) is 0 Å². The average molecular weight is 286 g/mol. The van der Waals surface area contributed by atoms with Crippen molar-refractivity contribution in [1.29, 1.82) is 0 Å². The number of aromatic amines is 1. The summed E-state index contributed by atoms with van der Waals surface area (Å²) in [5.74, 6) is 0. The van der Waals surface area contributed by atoms with Crippen molar-refractivity contribution in [3.8, 4) is 0 Å². The van der Waals surface area contributed by atoms with Crippen LogP contribution < -0.4 is 5.43 Å². The third kappa shape index (κ3) is 2.01. The lowest BCUT2D eigenvalue weighted by molar-refractivity contribution is 0.107. The van der Waals surface area contributed by atoms with E-state index in [1.165, 1.54) is 0 Å². The molecular formula is C7H3BrClF2NO2. The number of aromatic nitrogens is 1. The van der Waals surface area contributed by atoms with Gasteiger partial charge in [-0.05, 0) is 27.5 Å². The molecule has 1 aromatic rings. The average Bonchev–Trinajstić information content (AvgIpc) is 2.02. The number of halogens is 4. The van der Waals surface area contributed by atoms with Gasteiger partial charge in [-0.25, -0.2) is 8.78 Å². The van der Waals surface area contributed by atoms with E-state index in [1.54, 1.807) is 0 Å². The van der Waals surface area contributed by atoms with Crippen molar-refractivity contribution in [2.75, 3.05) is 0 Å². The number of pyridine rings is 1. The summed E-state index contributed by atoms with van der Waals surface area (Å²) in [7, 11) is 0. The number of carbonyl (C=O) groups is 1. The first-order chi connectivity index (χ1) is 6.45. The number of hydrogen-bond donors (Lipinski definition) is 1. The highest BCUT2D eigenvalue weighted by Crippen LogP contribution is 2.18. The largest absolute Gasteiger partial charge is 0.355 e. The van der Waals surface area contributed by atoms with Crippen molar-refractivity contribution in [2.24, 2.45) is 0 Å². The fourth-order valence-corrected chi connectivity index (χ4v) is 1.63. The highest BCUT2D eigenvalue weighted by Gasteiger charge is 2.20. The van der Waals surface area contributed by atoms with Crippen molar-refractivity contribution in [2.45, 2.75) is 6.43 Å². The molecule has 0 saturated heterocycles. The topological polar surface area (TPSA) is 49.9 Å². The summed E-state index contributed by atoms with van der Waals surface area (Å²) >= 11 is 7.88. The van der Waals surface area contributed by atoms with Gasteiger partial charge in [0.05, 0.1) is 10.2 Å². The molecule has 0 aliphatic carbocycles. The predicted molar refractivity (Wildman–Crippen MR) is 49.9 cm³/mol. The van der Waals surface area contributed by atoms with E-state index in [2.05, 4.69) is 20.9 Å². The van der Waals surface area contributed by atoms with Crippen LogP contribution in [0.25, 0.3) is 0 Å². The maximum atomic E-state index is 12.2. The Morgan fingerprint density at radius 1 is 1.57 bits per heavy atom. The summed E-state index contributed by atoms with van der Waals surface area (Å²) in [6, 6.07) is 0. The minimum atomic E-state index is -2.94. The van der Waals surface area contributed by atoms with Crippen molar-refractivity contribution in [1.82, 2.24) is 4.98 Å². The summed E-state index contributed by atoms with van der Waals surface area (Å²) in [5, 5.41) is -1.08. The Balaban J connectivity index is 3.50. The second-order valence-corrected chi connectivity index (χ2v) is 3.47. The van der Waals surface area contributed by atoms with Gasteiger partial charge in [0.15, 0.2) is 0 Å². The van der Waals surface area contributed by atoms with Crippen molar-refractivity contribution in [3.63, 3.8) is 0 Å². The van der Waals surface area contributed by atoms with Gasteiger partial charge in [-0.15, -0.1) is 0 Å². The van der Waals surface area contributed by atoms with Crippen LogP contribution >= 0.6 is 27.5 Å². The van der Waals surface area contributed by atoms with Crippen LogP contribution in [0.4, 0.5) is 8.78 Å². The lowest BCUT2D eigenvalue weighted by Gasteiger charge is -2.02. The zero-order valence-electron chi connectivity index (χ0n) is 6.48. The van der Waals surface area contributed by atoms with Crippen LogP contribution in [0.1, 0.15) is 22.3 Å². The lowest BCUT2D eigenvalue weighted by atomic mass is 10.2. The molecule has 1 rings (SSSR count). The first kappa shape index (κ1) is 11.3. The molecular weight excluding hydrogens is 283 g/mol. The van der Waals surface area contributed by atoms with E-state index in [0.29, 0.717) is 0 Å². The first-order valence-electron chi connectivity index (χ1n) is 3.34. The van der Waals surface area contributed by atoms with Crippen LogP contribution in [-0.2, 0) is 0 Å². The fraction of sp³-hybridized carbons (Fsp3) is 0.143. The normalized spacial score (nSPS) is 10.6. The van der Waals surface area contributed by atoms with Gasteiger partial charge in [0.1, 0.15) is 5.56 Å². The highest BCUT2D eigenvalue weighted by atomic mass is 79.9. The van der Waals surface area contributed by atoms with E-state index in [0.717, 1.165) is 6.20 Å². The molecule has 0 aliphatic heterocycles. The Morgan fingerprint density at radius 3 is 2.57 bits per heavy atom. The third-order valence-electron chi connectivity index (χ3n) is 1.49. The molecule has 0 fully saturated rings. The maximum Gasteiger partial charge on any atom is 0.269 e. The van der Waals surface area contributed by atoms with Gasteiger partial charge >= 0.3 is 0 Å². The Kier molecular flexibility index (Phi) is 3.38. The molecule has 76 valence electrons. The zero-order chi connectivity index (χ0) is 10.9. The van der Waals surface area contributed by atoms with Crippen LogP contribution in [0, 0.1) is 0 Å². The minimum absolute atomic E-state index is 0.00750. The summed E-state index contributed by atoms with van der Waals surface area (Å²) in [6.07, 6.45) is -2.11. The summed E-state index contributed by atoms with van der Waals surface area (Å²) in [4.78, 5) is 24.3. The molecule has 0 bridgehead atoms. The van der Waals surface area contributed by atoms with Crippen LogP contribution in [0.5, 0.6) is 0 Å². The van der Waals surface area contributed by atoms with Gasteiger partial charge in [0.25, 0.3) is 11.7 Å². The summed E-state index contributed by atoms with van der Waals surface area (Å²) in [5.41, 5.74) is -2.35. The molecule has 0 atom stereocenters. The standard InChI is InChI=1S/C7H3BrClF2NO2/c8-5-3(6(9)14)4(13)2(1-12-5)7(10)11/h1,7H,(H,12,13). The van der Waals surface area contributed by atoms with E-state index in [1.807, 2.05) is 0 Å². The monoisotopic (exact) mass is 285 g/mol. The first-order valence-corrected chi connectivity index (χ1v) is 4.51. The Hall–Kier alpha value is -0.750. The SMILES string of the molecule is O=C(Cl)c1c(Br)[nH]cc(C(F)F)c1=O. The van der Waals surface area contributed by atoms with Crippen molar-refractivity contribution >= 4 is 32.8 Å². The molecule has 0 radical (unpaired) electrons. The molecule has 0 unspecified atom stereocenters. The minimum Gasteiger partial charge on any atom is -0.355 e. The van der Waals surface area contributed by atoms with Crippen LogP contribution in [0.15, 0.2) is 15.6 Å². The molecule has 1 heterocycles. The third-order valence-corrected chi connectivity index (χ3v) is 2.31. The van der Waals surface area contributed by atoms with Crippen LogP contribution in [-0.4, -0.2) is 10.2 Å². The number of carbonyl (C=O) groups excluding carboxylic acids is 1. The lowest BCUT2D eigenvalue weighted by Crippen LogP contribution is -2.18. The predicted octanol–water partition coefficient (Wildman–Crippen LogP) is 2.45. The van der Waals surface area contributed by atoms with Gasteiger partial charge in [0.2, 0.25) is 5.43 Å². The summed E-state index contributed by atoms with van der Waals surface area (Å²) < 4.78 is 24.4. The highest BCUT2D eigenvalue weighted by molar-refractivity contribution is 9.10. The molecule has 3 nitrogen and oxygen atoms in total. The molecule has 0 spiro atoms. The fourth-order valence-electron chi connectivity index (χ4n) is 0.860. The Bertz CT molecular complexity index is 432.